The van der Waals surface area contributed by atoms with Crippen molar-refractivity contribution in [2.45, 2.75) is 20.4 Å². The van der Waals surface area contributed by atoms with Gasteiger partial charge in [0.25, 0.3) is 5.91 Å². The molecule has 5 heteroatoms. The zero-order chi connectivity index (χ0) is 19.8. The molecule has 0 fully saturated rings. The van der Waals surface area contributed by atoms with Gasteiger partial charge in [-0.1, -0.05) is 42.5 Å². The minimum Gasteiger partial charge on any atom is -0.492 e. The summed E-state index contributed by atoms with van der Waals surface area (Å²) in [7, 11) is 0. The van der Waals surface area contributed by atoms with Crippen molar-refractivity contribution in [3.05, 3.63) is 84.2 Å². The molecule has 0 bridgehead atoms. The van der Waals surface area contributed by atoms with Gasteiger partial charge in [0.1, 0.15) is 5.75 Å². The number of aromatic nitrogens is 1. The normalized spacial score (nSPS) is 10.4. The predicted molar refractivity (Wildman–Crippen MR) is 113 cm³/mol. The summed E-state index contributed by atoms with van der Waals surface area (Å²) < 4.78 is 5.58. The molecular formula is C23H25N3O2. The molecule has 0 radical (unpaired) electrons. The molecule has 0 aliphatic heterocycles. The molecule has 28 heavy (non-hydrogen) atoms. The first-order valence-corrected chi connectivity index (χ1v) is 9.48. The Kier molecular flexibility index (Phi) is 6.63. The Bertz CT molecular complexity index is 912. The number of carbonyl (C=O) groups excluding carboxylic acids is 1. The van der Waals surface area contributed by atoms with Crippen molar-refractivity contribution in [3.63, 3.8) is 0 Å². The molecule has 0 saturated heterocycles. The molecule has 0 spiro atoms. The highest BCUT2D eigenvalue weighted by atomic mass is 16.5. The molecule has 0 aliphatic rings. The van der Waals surface area contributed by atoms with Gasteiger partial charge < -0.3 is 15.0 Å². The molecule has 0 aliphatic carbocycles. The lowest BCUT2D eigenvalue weighted by Gasteiger charge is -2.23. The van der Waals surface area contributed by atoms with Crippen LogP contribution in [0.25, 0.3) is 0 Å². The molecule has 144 valence electrons. The highest BCUT2D eigenvalue weighted by molar-refractivity contribution is 6.05. The molecule has 5 nitrogen and oxygen atoms in total. The summed E-state index contributed by atoms with van der Waals surface area (Å²) in [5, 5.41) is 2.92. The number of anilines is 2. The molecule has 2 aromatic carbocycles. The van der Waals surface area contributed by atoms with E-state index in [2.05, 4.69) is 34.3 Å². The number of rotatable bonds is 8. The summed E-state index contributed by atoms with van der Waals surface area (Å²) >= 11 is 0. The number of nitrogens with one attached hydrogen (secondary N) is 1. The average Bonchev–Trinajstić information content (AvgIpc) is 2.74. The number of para-hydroxylation sites is 2. The van der Waals surface area contributed by atoms with Crippen LogP contribution in [0, 0.1) is 0 Å². The van der Waals surface area contributed by atoms with Gasteiger partial charge in [0, 0.05) is 19.3 Å². The van der Waals surface area contributed by atoms with E-state index in [9.17, 15) is 4.79 Å². The number of amides is 1. The lowest BCUT2D eigenvalue weighted by Crippen LogP contribution is -2.23. The monoisotopic (exact) mass is 375 g/mol. The van der Waals surface area contributed by atoms with E-state index in [4.69, 9.17) is 4.74 Å². The van der Waals surface area contributed by atoms with Crippen molar-refractivity contribution in [2.75, 3.05) is 23.4 Å². The van der Waals surface area contributed by atoms with Crippen molar-refractivity contribution >= 4 is 17.3 Å². The maximum absolute atomic E-state index is 12.8. The fraction of sp³-hybridized carbons (Fsp3) is 0.217. The van der Waals surface area contributed by atoms with Crippen molar-refractivity contribution in [1.29, 1.82) is 0 Å². The van der Waals surface area contributed by atoms with E-state index < -0.39 is 0 Å². The Morgan fingerprint density at radius 1 is 1.04 bits per heavy atom. The number of nitrogens with zero attached hydrogens (tertiary/aromatic N) is 2. The summed E-state index contributed by atoms with van der Waals surface area (Å²) in [6, 6.07) is 19.5. The van der Waals surface area contributed by atoms with Crippen LogP contribution in [0.3, 0.4) is 0 Å². The predicted octanol–water partition coefficient (Wildman–Crippen LogP) is 4.76. The van der Waals surface area contributed by atoms with Crippen LogP contribution in [0.1, 0.15) is 29.8 Å². The molecule has 0 saturated carbocycles. The zero-order valence-electron chi connectivity index (χ0n) is 16.3. The van der Waals surface area contributed by atoms with Crippen molar-refractivity contribution in [2.24, 2.45) is 0 Å². The highest BCUT2D eigenvalue weighted by Crippen LogP contribution is 2.25. The summed E-state index contributed by atoms with van der Waals surface area (Å²) in [5.74, 6) is 0.444. The standard InChI is InChI=1S/C23H25N3O2/c1-3-26(17-18-10-6-5-7-11-18)20-14-19(15-24-16-20)23(27)25-21-12-8-9-13-22(21)28-4-2/h5-16H,3-4,17H2,1-2H3,(H,25,27). The number of ether oxygens (including phenoxy) is 1. The summed E-state index contributed by atoms with van der Waals surface area (Å²) in [6.07, 6.45) is 3.37. The molecular weight excluding hydrogens is 350 g/mol. The van der Waals surface area contributed by atoms with Gasteiger partial charge in [-0.2, -0.15) is 0 Å². The first-order valence-electron chi connectivity index (χ1n) is 9.48. The lowest BCUT2D eigenvalue weighted by molar-refractivity contribution is 0.102. The Labute approximate surface area is 166 Å². The number of benzene rings is 2. The van der Waals surface area contributed by atoms with Gasteiger partial charge in [0.15, 0.2) is 0 Å². The van der Waals surface area contributed by atoms with Crippen LogP contribution >= 0.6 is 0 Å². The van der Waals surface area contributed by atoms with Gasteiger partial charge in [-0.05, 0) is 37.6 Å². The van der Waals surface area contributed by atoms with E-state index in [1.807, 2.05) is 55.5 Å². The summed E-state index contributed by atoms with van der Waals surface area (Å²) in [5.41, 5.74) is 3.29. The number of carbonyl (C=O) groups is 1. The average molecular weight is 375 g/mol. The van der Waals surface area contributed by atoms with E-state index in [1.54, 1.807) is 12.4 Å². The Morgan fingerprint density at radius 2 is 1.79 bits per heavy atom. The quantitative estimate of drug-likeness (QED) is 0.617. The van der Waals surface area contributed by atoms with Crippen LogP contribution in [-0.4, -0.2) is 24.0 Å². The largest absolute Gasteiger partial charge is 0.492 e. The molecule has 3 rings (SSSR count). The third-order valence-corrected chi connectivity index (χ3v) is 4.38. The van der Waals surface area contributed by atoms with Gasteiger partial charge >= 0.3 is 0 Å². The minimum absolute atomic E-state index is 0.211. The smallest absolute Gasteiger partial charge is 0.257 e. The number of pyridine rings is 1. The van der Waals surface area contributed by atoms with Crippen molar-refractivity contribution in [3.8, 4) is 5.75 Å². The van der Waals surface area contributed by atoms with Gasteiger partial charge in [-0.25, -0.2) is 0 Å². The van der Waals surface area contributed by atoms with E-state index in [0.29, 0.717) is 23.6 Å². The van der Waals surface area contributed by atoms with E-state index in [1.165, 1.54) is 5.56 Å². The topological polar surface area (TPSA) is 54.5 Å². The van der Waals surface area contributed by atoms with Crippen LogP contribution in [0.2, 0.25) is 0 Å². The first kappa shape index (κ1) is 19.4. The zero-order valence-corrected chi connectivity index (χ0v) is 16.3. The van der Waals surface area contributed by atoms with Crippen LogP contribution in [-0.2, 0) is 6.54 Å². The van der Waals surface area contributed by atoms with E-state index in [0.717, 1.165) is 18.8 Å². The maximum atomic E-state index is 12.8. The van der Waals surface area contributed by atoms with Gasteiger partial charge in [-0.15, -0.1) is 0 Å². The van der Waals surface area contributed by atoms with Crippen molar-refractivity contribution < 1.29 is 9.53 Å². The second kappa shape index (κ2) is 9.55. The van der Waals surface area contributed by atoms with Gasteiger partial charge in [0.05, 0.1) is 29.7 Å². The molecule has 0 unspecified atom stereocenters. The maximum Gasteiger partial charge on any atom is 0.257 e. The van der Waals surface area contributed by atoms with Crippen LogP contribution in [0.4, 0.5) is 11.4 Å². The first-order chi connectivity index (χ1) is 13.7. The molecule has 1 aromatic heterocycles. The number of hydrogen-bond donors (Lipinski definition) is 1. The SMILES string of the molecule is CCOc1ccccc1NC(=O)c1cncc(N(CC)Cc2ccccc2)c1. The second-order valence-corrected chi connectivity index (χ2v) is 6.31. The van der Waals surface area contributed by atoms with E-state index >= 15 is 0 Å². The molecule has 1 amide bonds. The number of hydrogen-bond acceptors (Lipinski definition) is 4. The Morgan fingerprint density at radius 3 is 2.54 bits per heavy atom. The van der Waals surface area contributed by atoms with Gasteiger partial charge in [-0.3, -0.25) is 9.78 Å². The van der Waals surface area contributed by atoms with Crippen LogP contribution in [0.15, 0.2) is 73.1 Å². The molecule has 3 aromatic rings. The van der Waals surface area contributed by atoms with E-state index in [-0.39, 0.29) is 5.91 Å². The molecule has 1 heterocycles. The minimum atomic E-state index is -0.211. The highest BCUT2D eigenvalue weighted by Gasteiger charge is 2.13. The van der Waals surface area contributed by atoms with Crippen LogP contribution in [0.5, 0.6) is 5.75 Å². The lowest BCUT2D eigenvalue weighted by atomic mass is 10.2. The van der Waals surface area contributed by atoms with Crippen molar-refractivity contribution in [1.82, 2.24) is 4.98 Å². The third kappa shape index (κ3) is 4.88. The Hall–Kier alpha value is -3.34. The molecule has 0 atom stereocenters. The molecule has 1 N–H and O–H groups in total. The fourth-order valence-corrected chi connectivity index (χ4v) is 2.96. The Balaban J connectivity index is 1.77. The summed E-state index contributed by atoms with van der Waals surface area (Å²) in [6.45, 7) is 6.12. The third-order valence-electron chi connectivity index (χ3n) is 4.38. The van der Waals surface area contributed by atoms with Crippen LogP contribution < -0.4 is 15.0 Å². The second-order valence-electron chi connectivity index (χ2n) is 6.31. The summed E-state index contributed by atoms with van der Waals surface area (Å²) in [4.78, 5) is 19.2. The van der Waals surface area contributed by atoms with Gasteiger partial charge in [0.2, 0.25) is 0 Å². The fourth-order valence-electron chi connectivity index (χ4n) is 2.96.